The summed E-state index contributed by atoms with van der Waals surface area (Å²) in [5, 5.41) is 11.0. The number of Topliss-reactive ketones (excluding diaryl/α,β-unsaturated/α-hetero) is 1. The summed E-state index contributed by atoms with van der Waals surface area (Å²) < 4.78 is 15.8. The van der Waals surface area contributed by atoms with Gasteiger partial charge in [0.15, 0.2) is 5.78 Å². The van der Waals surface area contributed by atoms with E-state index in [2.05, 4.69) is 13.5 Å². The maximum Gasteiger partial charge on any atom is 0.302 e. The number of hydrogen-bond donors (Lipinski definition) is 1. The molecular weight excluding hydrogens is 388 g/mol. The lowest BCUT2D eigenvalue weighted by Crippen LogP contribution is -2.58. The first-order chi connectivity index (χ1) is 14.1. The molecule has 0 radical (unpaired) electrons. The molecular formula is C23H30O7. The molecule has 7 heteroatoms. The number of allylic oxidation sites excluding steroid dienone is 1. The van der Waals surface area contributed by atoms with Crippen molar-refractivity contribution >= 4 is 17.7 Å². The van der Waals surface area contributed by atoms with Gasteiger partial charge < -0.3 is 19.0 Å². The molecule has 2 saturated carbocycles. The van der Waals surface area contributed by atoms with Gasteiger partial charge in [0.2, 0.25) is 0 Å². The number of fused-ring (bicyclic) bond motifs is 1. The molecule has 3 rings (SSSR count). The van der Waals surface area contributed by atoms with Crippen LogP contribution in [0.2, 0.25) is 0 Å². The SMILES string of the molecule is C=C1CC[C@@H]2[C@H](COC(C)=O)[C@H](O)[C@H](OC(C)=O)C[C@@]2(C)[C@@H]1CC(=O)c1ccoc1. The molecule has 0 amide bonds. The highest BCUT2D eigenvalue weighted by atomic mass is 16.6. The molecule has 6 atom stereocenters. The molecule has 7 nitrogen and oxygen atoms in total. The Bertz CT molecular complexity index is 812. The van der Waals surface area contributed by atoms with Crippen molar-refractivity contribution < 1.29 is 33.4 Å². The first-order valence-corrected chi connectivity index (χ1v) is 10.3. The molecule has 0 aromatic carbocycles. The Morgan fingerprint density at radius 1 is 1.30 bits per heavy atom. The van der Waals surface area contributed by atoms with Gasteiger partial charge in [0.25, 0.3) is 0 Å². The largest absolute Gasteiger partial charge is 0.472 e. The number of aliphatic hydroxyl groups excluding tert-OH is 1. The zero-order valence-corrected chi connectivity index (χ0v) is 17.8. The average Bonchev–Trinajstić information content (AvgIpc) is 3.19. The van der Waals surface area contributed by atoms with Gasteiger partial charge >= 0.3 is 11.9 Å². The molecule has 2 fully saturated rings. The summed E-state index contributed by atoms with van der Waals surface area (Å²) in [6.07, 6.45) is 3.39. The number of rotatable bonds is 6. The van der Waals surface area contributed by atoms with E-state index in [0.717, 1.165) is 18.4 Å². The summed E-state index contributed by atoms with van der Waals surface area (Å²) in [4.78, 5) is 36.0. The number of ketones is 1. The topological polar surface area (TPSA) is 103 Å². The molecule has 0 unspecified atom stereocenters. The normalized spacial score (nSPS) is 33.5. The van der Waals surface area contributed by atoms with Crippen LogP contribution in [0.1, 0.15) is 56.8 Å². The molecule has 0 spiro atoms. The summed E-state index contributed by atoms with van der Waals surface area (Å²) in [5.74, 6) is -1.49. The molecule has 1 heterocycles. The Hall–Kier alpha value is -2.41. The highest BCUT2D eigenvalue weighted by Gasteiger charge is 2.57. The lowest BCUT2D eigenvalue weighted by molar-refractivity contribution is -0.188. The van der Waals surface area contributed by atoms with Gasteiger partial charge in [-0.2, -0.15) is 0 Å². The Labute approximate surface area is 176 Å². The lowest BCUT2D eigenvalue weighted by atomic mass is 9.49. The average molecular weight is 418 g/mol. The van der Waals surface area contributed by atoms with Crippen LogP contribution in [0.5, 0.6) is 0 Å². The minimum atomic E-state index is -0.942. The second-order valence-electron chi connectivity index (χ2n) is 8.81. The molecule has 1 aromatic rings. The monoisotopic (exact) mass is 418 g/mol. The molecule has 30 heavy (non-hydrogen) atoms. The van der Waals surface area contributed by atoms with Crippen LogP contribution in [0, 0.1) is 23.2 Å². The molecule has 2 aliphatic rings. The first-order valence-electron chi connectivity index (χ1n) is 10.3. The van der Waals surface area contributed by atoms with Crippen LogP contribution in [0.4, 0.5) is 0 Å². The second kappa shape index (κ2) is 8.76. The van der Waals surface area contributed by atoms with Crippen molar-refractivity contribution in [3.8, 4) is 0 Å². The van der Waals surface area contributed by atoms with Crippen molar-refractivity contribution in [1.29, 1.82) is 0 Å². The van der Waals surface area contributed by atoms with Crippen LogP contribution in [-0.4, -0.2) is 41.6 Å². The quantitative estimate of drug-likeness (QED) is 0.429. The molecule has 0 aliphatic heterocycles. The van der Waals surface area contributed by atoms with Gasteiger partial charge in [0.1, 0.15) is 12.4 Å². The third kappa shape index (κ3) is 4.36. The molecule has 2 aliphatic carbocycles. The van der Waals surface area contributed by atoms with Crippen molar-refractivity contribution in [3.63, 3.8) is 0 Å². The van der Waals surface area contributed by atoms with Gasteiger partial charge in [-0.05, 0) is 42.6 Å². The van der Waals surface area contributed by atoms with E-state index in [9.17, 15) is 19.5 Å². The van der Waals surface area contributed by atoms with Crippen LogP contribution < -0.4 is 0 Å². The highest BCUT2D eigenvalue weighted by molar-refractivity contribution is 5.96. The van der Waals surface area contributed by atoms with E-state index in [1.54, 1.807) is 6.07 Å². The van der Waals surface area contributed by atoms with Crippen molar-refractivity contribution in [3.05, 3.63) is 36.3 Å². The van der Waals surface area contributed by atoms with E-state index in [1.807, 2.05) is 0 Å². The van der Waals surface area contributed by atoms with E-state index < -0.39 is 35.5 Å². The molecule has 1 aromatic heterocycles. The van der Waals surface area contributed by atoms with Crippen LogP contribution >= 0.6 is 0 Å². The minimum Gasteiger partial charge on any atom is -0.472 e. The maximum absolute atomic E-state index is 12.9. The van der Waals surface area contributed by atoms with Gasteiger partial charge in [-0.3, -0.25) is 14.4 Å². The molecule has 1 N–H and O–H groups in total. The first kappa shape index (κ1) is 22.3. The van der Waals surface area contributed by atoms with E-state index in [-0.39, 0.29) is 30.6 Å². The van der Waals surface area contributed by atoms with E-state index in [0.29, 0.717) is 12.0 Å². The van der Waals surface area contributed by atoms with E-state index in [4.69, 9.17) is 13.9 Å². The lowest BCUT2D eigenvalue weighted by Gasteiger charge is -2.57. The van der Waals surface area contributed by atoms with Crippen LogP contribution in [0.25, 0.3) is 0 Å². The Morgan fingerprint density at radius 2 is 2.03 bits per heavy atom. The van der Waals surface area contributed by atoms with Crippen molar-refractivity contribution in [2.24, 2.45) is 23.2 Å². The van der Waals surface area contributed by atoms with Crippen LogP contribution in [-0.2, 0) is 19.1 Å². The second-order valence-corrected chi connectivity index (χ2v) is 8.81. The van der Waals surface area contributed by atoms with Crippen molar-refractivity contribution in [1.82, 2.24) is 0 Å². The Kier molecular flexibility index (Phi) is 6.50. The summed E-state index contributed by atoms with van der Waals surface area (Å²) in [5.41, 5.74) is 1.05. The number of carbonyl (C=O) groups is 3. The zero-order valence-electron chi connectivity index (χ0n) is 17.8. The number of ether oxygens (including phenoxy) is 2. The maximum atomic E-state index is 12.9. The fraction of sp³-hybridized carbons (Fsp3) is 0.609. The summed E-state index contributed by atoms with van der Waals surface area (Å²) >= 11 is 0. The standard InChI is InChI=1S/C23H30O7/c1-13-5-6-18-17(12-29-14(2)24)22(27)21(30-15(3)25)10-23(18,4)19(13)9-20(26)16-7-8-28-11-16/h7-8,11,17-19,21-22,27H,1,5-6,9-10,12H2,2-4H3/t17-,18+,19+,21+,22-,23+/m0/s1. The van der Waals surface area contributed by atoms with E-state index >= 15 is 0 Å². The number of carbonyl (C=O) groups excluding carboxylic acids is 3. The smallest absolute Gasteiger partial charge is 0.302 e. The highest BCUT2D eigenvalue weighted by Crippen LogP contribution is 2.58. The molecule has 0 bridgehead atoms. The third-order valence-electron chi connectivity index (χ3n) is 6.92. The van der Waals surface area contributed by atoms with Gasteiger partial charge in [-0.1, -0.05) is 19.1 Å². The van der Waals surface area contributed by atoms with E-state index in [1.165, 1.54) is 26.4 Å². The number of esters is 2. The molecule has 0 saturated heterocycles. The van der Waals surface area contributed by atoms with Gasteiger partial charge in [-0.25, -0.2) is 0 Å². The predicted molar refractivity (Wildman–Crippen MR) is 107 cm³/mol. The summed E-state index contributed by atoms with van der Waals surface area (Å²) in [6, 6.07) is 1.64. The van der Waals surface area contributed by atoms with Crippen LogP contribution in [0.3, 0.4) is 0 Å². The minimum absolute atomic E-state index is 0.00805. The summed E-state index contributed by atoms with van der Waals surface area (Å²) in [7, 11) is 0. The fourth-order valence-corrected chi connectivity index (χ4v) is 5.49. The van der Waals surface area contributed by atoms with Gasteiger partial charge in [-0.15, -0.1) is 0 Å². The van der Waals surface area contributed by atoms with Gasteiger partial charge in [0, 0.05) is 26.2 Å². The number of hydrogen-bond acceptors (Lipinski definition) is 7. The third-order valence-corrected chi connectivity index (χ3v) is 6.92. The Morgan fingerprint density at radius 3 is 2.63 bits per heavy atom. The van der Waals surface area contributed by atoms with Crippen LogP contribution in [0.15, 0.2) is 35.2 Å². The number of aliphatic hydroxyl groups is 1. The molecule has 164 valence electrons. The predicted octanol–water partition coefficient (Wildman–Crippen LogP) is 3.32. The van der Waals surface area contributed by atoms with Crippen molar-refractivity contribution in [2.75, 3.05) is 6.61 Å². The van der Waals surface area contributed by atoms with Crippen molar-refractivity contribution in [2.45, 2.75) is 58.7 Å². The fourth-order valence-electron chi connectivity index (χ4n) is 5.49. The number of furan rings is 1. The Balaban J connectivity index is 1.93. The summed E-state index contributed by atoms with van der Waals surface area (Å²) in [6.45, 7) is 8.99. The van der Waals surface area contributed by atoms with Gasteiger partial charge in [0.05, 0.1) is 24.5 Å². The zero-order chi connectivity index (χ0) is 22.1.